The Morgan fingerprint density at radius 3 is 2.50 bits per heavy atom. The standard InChI is InChI=1S/C12H25NO3/c1-5-7-11(12(14)15-6-2)16-9-8-13-10(3)4/h10-11,13H,5-9H2,1-4H3. The van der Waals surface area contributed by atoms with Crippen LogP contribution in [0, 0.1) is 0 Å². The minimum absolute atomic E-state index is 0.242. The summed E-state index contributed by atoms with van der Waals surface area (Å²) in [5.41, 5.74) is 0. The fraction of sp³-hybridized carbons (Fsp3) is 0.917. The van der Waals surface area contributed by atoms with E-state index in [1.807, 2.05) is 6.92 Å². The number of ether oxygens (including phenoxy) is 2. The van der Waals surface area contributed by atoms with Crippen LogP contribution in [0.5, 0.6) is 0 Å². The van der Waals surface area contributed by atoms with E-state index in [1.54, 1.807) is 6.92 Å². The van der Waals surface area contributed by atoms with Crippen molar-refractivity contribution in [3.63, 3.8) is 0 Å². The Hall–Kier alpha value is -0.610. The molecule has 1 atom stereocenters. The van der Waals surface area contributed by atoms with Crippen LogP contribution >= 0.6 is 0 Å². The molecule has 0 rings (SSSR count). The largest absolute Gasteiger partial charge is 0.464 e. The second-order valence-corrected chi connectivity index (χ2v) is 4.01. The highest BCUT2D eigenvalue weighted by atomic mass is 16.6. The van der Waals surface area contributed by atoms with Gasteiger partial charge in [-0.15, -0.1) is 0 Å². The summed E-state index contributed by atoms with van der Waals surface area (Å²) in [6.07, 6.45) is 1.24. The molecule has 0 aliphatic rings. The van der Waals surface area contributed by atoms with Crippen molar-refractivity contribution in [2.24, 2.45) is 0 Å². The van der Waals surface area contributed by atoms with Crippen LogP contribution in [0.3, 0.4) is 0 Å². The van der Waals surface area contributed by atoms with Crippen LogP contribution in [-0.2, 0) is 14.3 Å². The van der Waals surface area contributed by atoms with E-state index in [4.69, 9.17) is 9.47 Å². The molecule has 1 N–H and O–H groups in total. The number of nitrogens with one attached hydrogen (secondary N) is 1. The first-order valence-electron chi connectivity index (χ1n) is 6.13. The summed E-state index contributed by atoms with van der Waals surface area (Å²) in [7, 11) is 0. The summed E-state index contributed by atoms with van der Waals surface area (Å²) in [5, 5.41) is 3.24. The number of hydrogen-bond acceptors (Lipinski definition) is 4. The Balaban J connectivity index is 3.80. The van der Waals surface area contributed by atoms with Crippen molar-refractivity contribution >= 4 is 5.97 Å². The van der Waals surface area contributed by atoms with Gasteiger partial charge >= 0.3 is 5.97 Å². The number of carbonyl (C=O) groups excluding carboxylic acids is 1. The Morgan fingerprint density at radius 2 is 2.00 bits per heavy atom. The van der Waals surface area contributed by atoms with Gasteiger partial charge in [-0.1, -0.05) is 27.2 Å². The average molecular weight is 231 g/mol. The van der Waals surface area contributed by atoms with Crippen molar-refractivity contribution in [2.45, 2.75) is 52.7 Å². The Morgan fingerprint density at radius 1 is 1.31 bits per heavy atom. The third-order valence-corrected chi connectivity index (χ3v) is 2.07. The third kappa shape index (κ3) is 7.65. The topological polar surface area (TPSA) is 47.6 Å². The molecule has 0 saturated carbocycles. The Kier molecular flexibility index (Phi) is 9.24. The van der Waals surface area contributed by atoms with Gasteiger partial charge in [0.15, 0.2) is 6.10 Å². The van der Waals surface area contributed by atoms with Crippen molar-refractivity contribution in [2.75, 3.05) is 19.8 Å². The monoisotopic (exact) mass is 231 g/mol. The molecule has 0 aromatic carbocycles. The summed E-state index contributed by atoms with van der Waals surface area (Å²) in [4.78, 5) is 11.5. The van der Waals surface area contributed by atoms with Crippen molar-refractivity contribution in [3.05, 3.63) is 0 Å². The molecule has 0 radical (unpaired) electrons. The van der Waals surface area contributed by atoms with Gasteiger partial charge in [-0.25, -0.2) is 4.79 Å². The first-order valence-corrected chi connectivity index (χ1v) is 6.13. The van der Waals surface area contributed by atoms with Crippen LogP contribution in [0.2, 0.25) is 0 Å². The summed E-state index contributed by atoms with van der Waals surface area (Å²) < 4.78 is 10.5. The molecule has 0 heterocycles. The van der Waals surface area contributed by atoms with E-state index in [1.165, 1.54) is 0 Å². The lowest BCUT2D eigenvalue weighted by atomic mass is 10.2. The summed E-state index contributed by atoms with van der Waals surface area (Å²) in [6, 6.07) is 0.441. The predicted molar refractivity (Wildman–Crippen MR) is 64.4 cm³/mol. The van der Waals surface area contributed by atoms with Gasteiger partial charge in [0, 0.05) is 12.6 Å². The molecule has 0 spiro atoms. The Labute approximate surface area is 98.7 Å². The molecular formula is C12H25NO3. The van der Waals surface area contributed by atoms with E-state index in [0.717, 1.165) is 19.4 Å². The van der Waals surface area contributed by atoms with Gasteiger partial charge < -0.3 is 14.8 Å². The fourth-order valence-corrected chi connectivity index (χ4v) is 1.32. The number of hydrogen-bond donors (Lipinski definition) is 1. The molecule has 0 aliphatic heterocycles. The van der Waals surface area contributed by atoms with Gasteiger partial charge in [-0.2, -0.15) is 0 Å². The zero-order chi connectivity index (χ0) is 12.4. The summed E-state index contributed by atoms with van der Waals surface area (Å²) in [6.45, 7) is 9.71. The van der Waals surface area contributed by atoms with Crippen LogP contribution < -0.4 is 5.32 Å². The van der Waals surface area contributed by atoms with Crippen LogP contribution in [0.4, 0.5) is 0 Å². The molecule has 96 valence electrons. The molecule has 4 heteroatoms. The van der Waals surface area contributed by atoms with E-state index >= 15 is 0 Å². The average Bonchev–Trinajstić information content (AvgIpc) is 2.22. The molecule has 16 heavy (non-hydrogen) atoms. The number of rotatable bonds is 9. The molecule has 0 amide bonds. The molecule has 0 saturated heterocycles. The summed E-state index contributed by atoms with van der Waals surface area (Å²) >= 11 is 0. The van der Waals surface area contributed by atoms with Crippen LogP contribution in [0.15, 0.2) is 0 Å². The zero-order valence-electron chi connectivity index (χ0n) is 10.9. The highest BCUT2D eigenvalue weighted by Gasteiger charge is 2.18. The highest BCUT2D eigenvalue weighted by Crippen LogP contribution is 2.04. The molecule has 4 nitrogen and oxygen atoms in total. The van der Waals surface area contributed by atoms with Crippen molar-refractivity contribution in [1.29, 1.82) is 0 Å². The second kappa shape index (κ2) is 9.60. The minimum Gasteiger partial charge on any atom is -0.464 e. The van der Waals surface area contributed by atoms with Crippen molar-refractivity contribution < 1.29 is 14.3 Å². The lowest BCUT2D eigenvalue weighted by Gasteiger charge is -2.16. The van der Waals surface area contributed by atoms with Crippen molar-refractivity contribution in [3.8, 4) is 0 Å². The maximum atomic E-state index is 11.5. The highest BCUT2D eigenvalue weighted by molar-refractivity contribution is 5.74. The van der Waals surface area contributed by atoms with Gasteiger partial charge in [-0.3, -0.25) is 0 Å². The normalized spacial score (nSPS) is 12.8. The van der Waals surface area contributed by atoms with Crippen LogP contribution in [0.25, 0.3) is 0 Å². The van der Waals surface area contributed by atoms with Gasteiger partial charge in [0.25, 0.3) is 0 Å². The van der Waals surface area contributed by atoms with Crippen LogP contribution in [-0.4, -0.2) is 37.9 Å². The Bertz CT molecular complexity index is 183. The molecule has 0 aromatic heterocycles. The van der Waals surface area contributed by atoms with E-state index in [2.05, 4.69) is 19.2 Å². The van der Waals surface area contributed by atoms with Gasteiger partial charge in [-0.05, 0) is 13.3 Å². The second-order valence-electron chi connectivity index (χ2n) is 4.01. The van der Waals surface area contributed by atoms with Gasteiger partial charge in [0.05, 0.1) is 13.2 Å². The number of esters is 1. The molecule has 0 aromatic rings. The third-order valence-electron chi connectivity index (χ3n) is 2.07. The molecular weight excluding hydrogens is 206 g/mol. The maximum absolute atomic E-state index is 11.5. The first-order chi connectivity index (χ1) is 7.61. The zero-order valence-corrected chi connectivity index (χ0v) is 10.9. The predicted octanol–water partition coefficient (Wildman–Crippen LogP) is 1.73. The number of carbonyl (C=O) groups is 1. The molecule has 0 aliphatic carbocycles. The molecule has 1 unspecified atom stereocenters. The van der Waals surface area contributed by atoms with E-state index in [-0.39, 0.29) is 5.97 Å². The lowest BCUT2D eigenvalue weighted by molar-refractivity contribution is -0.157. The van der Waals surface area contributed by atoms with Crippen LogP contribution in [0.1, 0.15) is 40.5 Å². The smallest absolute Gasteiger partial charge is 0.335 e. The van der Waals surface area contributed by atoms with Crippen molar-refractivity contribution in [1.82, 2.24) is 5.32 Å². The van der Waals surface area contributed by atoms with Gasteiger partial charge in [0.1, 0.15) is 0 Å². The fourth-order valence-electron chi connectivity index (χ4n) is 1.32. The van der Waals surface area contributed by atoms with E-state index in [9.17, 15) is 4.79 Å². The minimum atomic E-state index is -0.404. The maximum Gasteiger partial charge on any atom is 0.335 e. The SMILES string of the molecule is CCCC(OCCNC(C)C)C(=O)OCC. The lowest BCUT2D eigenvalue weighted by Crippen LogP contribution is -2.32. The van der Waals surface area contributed by atoms with E-state index in [0.29, 0.717) is 19.3 Å². The molecule has 0 fully saturated rings. The van der Waals surface area contributed by atoms with E-state index < -0.39 is 6.10 Å². The van der Waals surface area contributed by atoms with Gasteiger partial charge in [0.2, 0.25) is 0 Å². The summed E-state index contributed by atoms with van der Waals surface area (Å²) in [5.74, 6) is -0.242. The quantitative estimate of drug-likeness (QED) is 0.485. The molecule has 0 bridgehead atoms. The first kappa shape index (κ1) is 15.4.